The van der Waals surface area contributed by atoms with Gasteiger partial charge in [-0.3, -0.25) is 4.79 Å². The third-order valence-corrected chi connectivity index (χ3v) is 7.35. The van der Waals surface area contributed by atoms with Crippen LogP contribution in [-0.4, -0.2) is 56.3 Å². The van der Waals surface area contributed by atoms with E-state index in [-0.39, 0.29) is 29.9 Å². The molecule has 0 atom stereocenters. The van der Waals surface area contributed by atoms with E-state index < -0.39 is 10.0 Å². The number of benzene rings is 2. The molecule has 1 amide bonds. The minimum absolute atomic E-state index is 0.0671. The Kier molecular flexibility index (Phi) is 7.52. The summed E-state index contributed by atoms with van der Waals surface area (Å²) >= 11 is 6.07. The molecular formula is C22H28ClN3O3S. The van der Waals surface area contributed by atoms with Gasteiger partial charge in [-0.1, -0.05) is 41.4 Å². The van der Waals surface area contributed by atoms with Crippen molar-refractivity contribution in [2.45, 2.75) is 37.2 Å². The topological polar surface area (TPSA) is 69.7 Å². The number of amides is 1. The molecule has 0 radical (unpaired) electrons. The Morgan fingerprint density at radius 3 is 2.47 bits per heavy atom. The van der Waals surface area contributed by atoms with Crippen LogP contribution in [0.15, 0.2) is 53.4 Å². The number of rotatable bonds is 7. The third kappa shape index (κ3) is 6.04. The second kappa shape index (κ2) is 9.92. The van der Waals surface area contributed by atoms with Gasteiger partial charge >= 0.3 is 0 Å². The van der Waals surface area contributed by atoms with Crippen LogP contribution in [0.1, 0.15) is 24.0 Å². The zero-order valence-electron chi connectivity index (χ0n) is 17.3. The number of carbonyl (C=O) groups excluding carboxylic acids is 1. The van der Waals surface area contributed by atoms with Crippen LogP contribution < -0.4 is 5.32 Å². The maximum absolute atomic E-state index is 13.3. The molecule has 30 heavy (non-hydrogen) atoms. The Labute approximate surface area is 183 Å². The standard InChI is InChI=1S/C22H28ClN3O3S/c1-17-6-8-21(9-7-17)30(28,29)26(15-18-4-3-5-19(23)14-18)16-22(27)24-20-10-12-25(2)13-11-20/h3-9,14,20H,10-13,15-16H2,1-2H3,(H,24,27). The summed E-state index contributed by atoms with van der Waals surface area (Å²) in [5, 5.41) is 3.53. The van der Waals surface area contributed by atoms with Gasteiger partial charge in [0.1, 0.15) is 0 Å². The van der Waals surface area contributed by atoms with Crippen molar-refractivity contribution >= 4 is 27.5 Å². The quantitative estimate of drug-likeness (QED) is 0.705. The lowest BCUT2D eigenvalue weighted by molar-refractivity contribution is -0.122. The number of sulfonamides is 1. The molecule has 0 aromatic heterocycles. The van der Waals surface area contributed by atoms with E-state index in [1.807, 2.05) is 6.92 Å². The molecule has 0 saturated carbocycles. The van der Waals surface area contributed by atoms with Gasteiger partial charge in [0.2, 0.25) is 15.9 Å². The summed E-state index contributed by atoms with van der Waals surface area (Å²) in [7, 11) is -1.80. The minimum atomic E-state index is -3.85. The highest BCUT2D eigenvalue weighted by atomic mass is 35.5. The lowest BCUT2D eigenvalue weighted by atomic mass is 10.1. The van der Waals surface area contributed by atoms with Crippen molar-refractivity contribution in [1.82, 2.24) is 14.5 Å². The zero-order chi connectivity index (χ0) is 21.7. The molecule has 8 heteroatoms. The summed E-state index contributed by atoms with van der Waals surface area (Å²) in [5.41, 5.74) is 1.70. The predicted octanol–water partition coefficient (Wildman–Crippen LogP) is 3.05. The molecule has 3 rings (SSSR count). The van der Waals surface area contributed by atoms with E-state index in [4.69, 9.17) is 11.6 Å². The number of nitrogens with zero attached hydrogens (tertiary/aromatic N) is 2. The van der Waals surface area contributed by atoms with Crippen molar-refractivity contribution in [3.05, 3.63) is 64.7 Å². The fourth-order valence-electron chi connectivity index (χ4n) is 3.51. The van der Waals surface area contributed by atoms with Crippen LogP contribution in [0.3, 0.4) is 0 Å². The van der Waals surface area contributed by atoms with E-state index in [9.17, 15) is 13.2 Å². The van der Waals surface area contributed by atoms with Crippen LogP contribution in [0.2, 0.25) is 5.02 Å². The first-order valence-corrected chi connectivity index (χ1v) is 11.8. The zero-order valence-corrected chi connectivity index (χ0v) is 18.9. The molecule has 1 aliphatic rings. The summed E-state index contributed by atoms with van der Waals surface area (Å²) in [4.78, 5) is 15.1. The van der Waals surface area contributed by atoms with Crippen LogP contribution in [0.25, 0.3) is 0 Å². The fraction of sp³-hybridized carbons (Fsp3) is 0.409. The number of hydrogen-bond donors (Lipinski definition) is 1. The summed E-state index contributed by atoms with van der Waals surface area (Å²) in [6.07, 6.45) is 1.72. The monoisotopic (exact) mass is 449 g/mol. The number of aryl methyl sites for hydroxylation is 1. The van der Waals surface area contributed by atoms with Gasteiger partial charge in [0, 0.05) is 17.6 Å². The van der Waals surface area contributed by atoms with E-state index in [1.165, 1.54) is 4.31 Å². The second-order valence-corrected chi connectivity index (χ2v) is 10.2. The number of halogens is 1. The first-order valence-electron chi connectivity index (χ1n) is 10.0. The lowest BCUT2D eigenvalue weighted by Gasteiger charge is -2.30. The smallest absolute Gasteiger partial charge is 0.243 e. The van der Waals surface area contributed by atoms with Gasteiger partial charge in [-0.2, -0.15) is 4.31 Å². The van der Waals surface area contributed by atoms with Crippen LogP contribution in [-0.2, 0) is 21.4 Å². The normalized spacial score (nSPS) is 16.0. The molecule has 1 fully saturated rings. The van der Waals surface area contributed by atoms with Crippen LogP contribution >= 0.6 is 11.6 Å². The lowest BCUT2D eigenvalue weighted by Crippen LogP contribution is -2.47. The summed E-state index contributed by atoms with van der Waals surface area (Å²) < 4.78 is 27.8. The molecular weight excluding hydrogens is 422 g/mol. The van der Waals surface area contributed by atoms with Crippen LogP contribution in [0.5, 0.6) is 0 Å². The van der Waals surface area contributed by atoms with Gasteiger partial charge in [0.25, 0.3) is 0 Å². The average Bonchev–Trinajstić information content (AvgIpc) is 2.69. The van der Waals surface area contributed by atoms with E-state index in [1.54, 1.807) is 48.5 Å². The van der Waals surface area contributed by atoms with Crippen molar-refractivity contribution in [1.29, 1.82) is 0 Å². The maximum atomic E-state index is 13.3. The Morgan fingerprint density at radius 2 is 1.83 bits per heavy atom. The third-order valence-electron chi connectivity index (χ3n) is 5.31. The second-order valence-electron chi connectivity index (χ2n) is 7.86. The highest BCUT2D eigenvalue weighted by Crippen LogP contribution is 2.20. The van der Waals surface area contributed by atoms with E-state index in [0.717, 1.165) is 37.1 Å². The number of carbonyl (C=O) groups is 1. The number of likely N-dealkylation sites (tertiary alicyclic amines) is 1. The van der Waals surface area contributed by atoms with Gasteiger partial charge < -0.3 is 10.2 Å². The van der Waals surface area contributed by atoms with Crippen LogP contribution in [0, 0.1) is 6.92 Å². The molecule has 162 valence electrons. The van der Waals surface area contributed by atoms with Gasteiger partial charge in [-0.15, -0.1) is 0 Å². The van der Waals surface area contributed by atoms with Gasteiger partial charge in [-0.25, -0.2) is 8.42 Å². The molecule has 0 aliphatic carbocycles. The van der Waals surface area contributed by atoms with Crippen molar-refractivity contribution in [3.8, 4) is 0 Å². The summed E-state index contributed by atoms with van der Waals surface area (Å²) in [6, 6.07) is 13.8. The molecule has 1 heterocycles. The van der Waals surface area contributed by atoms with E-state index in [0.29, 0.717) is 5.02 Å². The van der Waals surface area contributed by atoms with Crippen LogP contribution in [0.4, 0.5) is 0 Å². The molecule has 6 nitrogen and oxygen atoms in total. The average molecular weight is 450 g/mol. The first-order chi connectivity index (χ1) is 14.2. The minimum Gasteiger partial charge on any atom is -0.352 e. The van der Waals surface area contributed by atoms with Gasteiger partial charge in [0.15, 0.2) is 0 Å². The maximum Gasteiger partial charge on any atom is 0.243 e. The molecule has 2 aromatic rings. The number of piperidine rings is 1. The Bertz CT molecular complexity index is 971. The largest absolute Gasteiger partial charge is 0.352 e. The van der Waals surface area contributed by atoms with E-state index >= 15 is 0 Å². The Balaban J connectivity index is 1.79. The molecule has 0 unspecified atom stereocenters. The number of hydrogen-bond acceptors (Lipinski definition) is 4. The van der Waals surface area contributed by atoms with Crippen molar-refractivity contribution in [2.75, 3.05) is 26.7 Å². The van der Waals surface area contributed by atoms with Gasteiger partial charge in [-0.05, 0) is 69.7 Å². The van der Waals surface area contributed by atoms with Crippen molar-refractivity contribution in [3.63, 3.8) is 0 Å². The highest BCUT2D eigenvalue weighted by molar-refractivity contribution is 7.89. The SMILES string of the molecule is Cc1ccc(S(=O)(=O)N(CC(=O)NC2CCN(C)CC2)Cc2cccc(Cl)c2)cc1. The predicted molar refractivity (Wildman–Crippen MR) is 119 cm³/mol. The summed E-state index contributed by atoms with van der Waals surface area (Å²) in [5.74, 6) is -0.290. The molecule has 1 saturated heterocycles. The van der Waals surface area contributed by atoms with Crippen molar-refractivity contribution in [2.24, 2.45) is 0 Å². The fourth-order valence-corrected chi connectivity index (χ4v) is 5.11. The number of nitrogens with one attached hydrogen (secondary N) is 1. The Hall–Kier alpha value is -1.93. The van der Waals surface area contributed by atoms with Crippen molar-refractivity contribution < 1.29 is 13.2 Å². The highest BCUT2D eigenvalue weighted by Gasteiger charge is 2.28. The first kappa shape index (κ1) is 22.7. The van der Waals surface area contributed by atoms with Gasteiger partial charge in [0.05, 0.1) is 11.4 Å². The van der Waals surface area contributed by atoms with E-state index in [2.05, 4.69) is 17.3 Å². The molecule has 1 aliphatic heterocycles. The molecule has 0 bridgehead atoms. The molecule has 0 spiro atoms. The molecule has 2 aromatic carbocycles. The summed E-state index contributed by atoms with van der Waals surface area (Å²) in [6.45, 7) is 3.56. The molecule has 1 N–H and O–H groups in total. The Morgan fingerprint density at radius 1 is 1.17 bits per heavy atom.